The molecule has 0 radical (unpaired) electrons. The Morgan fingerprint density at radius 2 is 1.52 bits per heavy atom. The number of methoxy groups -OCH3 is 1. The maximum atomic E-state index is 13.2. The number of esters is 1. The van der Waals surface area contributed by atoms with Crippen LogP contribution in [0.1, 0.15) is 64.9 Å². The van der Waals surface area contributed by atoms with E-state index in [1.54, 1.807) is 24.3 Å². The lowest BCUT2D eigenvalue weighted by Gasteiger charge is -2.39. The molecule has 0 spiro atoms. The van der Waals surface area contributed by atoms with Gasteiger partial charge in [0.2, 0.25) is 0 Å². The zero-order valence-corrected chi connectivity index (χ0v) is 19.9. The van der Waals surface area contributed by atoms with Crippen LogP contribution in [0, 0.1) is 16.7 Å². The topological polar surface area (TPSA) is 107 Å². The van der Waals surface area contributed by atoms with Gasteiger partial charge in [-0.05, 0) is 28.5 Å². The van der Waals surface area contributed by atoms with Crippen molar-refractivity contribution in [1.82, 2.24) is 0 Å². The number of allylic oxidation sites excluding steroid dienone is 2. The molecule has 33 heavy (non-hydrogen) atoms. The number of aliphatic hydroxyl groups excluding tert-OH is 1. The number of hydrogen-bond acceptors (Lipinski definition) is 7. The summed E-state index contributed by atoms with van der Waals surface area (Å²) < 4.78 is 9.95. The number of carbonyl (C=O) groups excluding carboxylic acids is 4. The molecule has 0 bridgehead atoms. The average Bonchev–Trinajstić information content (AvgIpc) is 2.68. The summed E-state index contributed by atoms with van der Waals surface area (Å²) in [5.41, 5.74) is -0.107. The normalized spacial score (nSPS) is 21.7. The number of rotatable bonds is 6. The Balaban J connectivity index is 2.03. The minimum absolute atomic E-state index is 0.0577. The van der Waals surface area contributed by atoms with E-state index in [1.165, 1.54) is 7.11 Å². The van der Waals surface area contributed by atoms with Crippen LogP contribution in [0.3, 0.4) is 0 Å². The molecule has 7 heteroatoms. The second kappa shape index (κ2) is 9.12. The fourth-order valence-corrected chi connectivity index (χ4v) is 4.93. The molecule has 1 aromatic rings. The van der Waals surface area contributed by atoms with E-state index in [2.05, 4.69) is 4.74 Å². The summed E-state index contributed by atoms with van der Waals surface area (Å²) in [6.07, 6.45) is 0.983. The lowest BCUT2D eigenvalue weighted by molar-refractivity contribution is -0.143. The number of Topliss-reactive ketones (excluding diaryl/α,β-unsaturated/α-hetero) is 3. The van der Waals surface area contributed by atoms with Crippen molar-refractivity contribution in [1.29, 1.82) is 0 Å². The summed E-state index contributed by atoms with van der Waals surface area (Å²) in [5, 5.41) is 10.9. The molecule has 0 amide bonds. The highest BCUT2D eigenvalue weighted by Gasteiger charge is 2.48. The minimum atomic E-state index is -1.03. The first kappa shape index (κ1) is 24.7. The van der Waals surface area contributed by atoms with Crippen LogP contribution < -0.4 is 4.74 Å². The van der Waals surface area contributed by atoms with Gasteiger partial charge in [-0.1, -0.05) is 39.8 Å². The van der Waals surface area contributed by atoms with Gasteiger partial charge >= 0.3 is 5.97 Å². The van der Waals surface area contributed by atoms with Gasteiger partial charge in [0.1, 0.15) is 23.1 Å². The van der Waals surface area contributed by atoms with Crippen LogP contribution >= 0.6 is 0 Å². The lowest BCUT2D eigenvalue weighted by atomic mass is 9.62. The summed E-state index contributed by atoms with van der Waals surface area (Å²) in [5.74, 6) is -2.75. The maximum absolute atomic E-state index is 13.2. The van der Waals surface area contributed by atoms with E-state index < -0.39 is 28.6 Å². The van der Waals surface area contributed by atoms with E-state index in [9.17, 15) is 24.3 Å². The molecule has 0 aromatic heterocycles. The lowest BCUT2D eigenvalue weighted by Crippen LogP contribution is -2.43. The monoisotopic (exact) mass is 456 g/mol. The highest BCUT2D eigenvalue weighted by molar-refractivity contribution is 6.09. The molecule has 1 fully saturated rings. The predicted molar refractivity (Wildman–Crippen MR) is 121 cm³/mol. The SMILES string of the molecule is COC(=O)COc1ccc([C@@H](C2=C(O)CC(C)(C)CC2=O)C2C(=O)CC(C)(C)CC2=O)cc1. The van der Waals surface area contributed by atoms with Gasteiger partial charge in [-0.3, -0.25) is 14.4 Å². The van der Waals surface area contributed by atoms with Crippen molar-refractivity contribution in [2.45, 2.75) is 59.3 Å². The van der Waals surface area contributed by atoms with Crippen LogP contribution in [0.2, 0.25) is 0 Å². The number of ketones is 3. The molecule has 2 aliphatic rings. The summed E-state index contributed by atoms with van der Waals surface area (Å²) in [6.45, 7) is 7.31. The standard InChI is InChI=1S/C26H32O7/c1-25(2)10-17(27)23(18(28)11-25)22(24-19(29)12-26(3,4)13-20(24)30)15-6-8-16(9-7-15)33-14-21(31)32-5/h6-9,22-23,29H,10-14H2,1-5H3/t22-/m1/s1. The second-order valence-electron chi connectivity index (χ2n) is 10.6. The van der Waals surface area contributed by atoms with Gasteiger partial charge in [0.15, 0.2) is 12.4 Å². The third kappa shape index (κ3) is 5.52. The minimum Gasteiger partial charge on any atom is -0.512 e. The molecular formula is C26H32O7. The highest BCUT2D eigenvalue weighted by Crippen LogP contribution is 2.47. The summed E-state index contributed by atoms with van der Waals surface area (Å²) in [4.78, 5) is 50.9. The summed E-state index contributed by atoms with van der Waals surface area (Å²) in [7, 11) is 1.27. The number of carbonyl (C=O) groups is 4. The molecule has 2 aliphatic carbocycles. The maximum Gasteiger partial charge on any atom is 0.343 e. The fourth-order valence-electron chi connectivity index (χ4n) is 4.93. The van der Waals surface area contributed by atoms with E-state index >= 15 is 0 Å². The zero-order valence-electron chi connectivity index (χ0n) is 19.9. The van der Waals surface area contributed by atoms with Crippen LogP contribution in [0.5, 0.6) is 5.75 Å². The van der Waals surface area contributed by atoms with Gasteiger partial charge in [0, 0.05) is 37.2 Å². The van der Waals surface area contributed by atoms with E-state index in [0.717, 1.165) is 0 Å². The van der Waals surface area contributed by atoms with Gasteiger partial charge in [0.25, 0.3) is 0 Å². The summed E-state index contributed by atoms with van der Waals surface area (Å²) >= 11 is 0. The first-order valence-electron chi connectivity index (χ1n) is 11.1. The van der Waals surface area contributed by atoms with Crippen molar-refractivity contribution >= 4 is 23.3 Å². The van der Waals surface area contributed by atoms with Crippen molar-refractivity contribution < 1.29 is 33.8 Å². The zero-order chi connectivity index (χ0) is 24.6. The quantitative estimate of drug-likeness (QED) is 0.507. The average molecular weight is 457 g/mol. The van der Waals surface area contributed by atoms with Gasteiger partial charge in [0.05, 0.1) is 13.0 Å². The second-order valence-corrected chi connectivity index (χ2v) is 10.6. The summed E-state index contributed by atoms with van der Waals surface area (Å²) in [6, 6.07) is 6.57. The van der Waals surface area contributed by atoms with Crippen LogP contribution in [-0.4, -0.2) is 42.1 Å². The van der Waals surface area contributed by atoms with Crippen molar-refractivity contribution in [3.05, 3.63) is 41.2 Å². The Kier molecular flexibility index (Phi) is 6.82. The molecule has 1 aromatic carbocycles. The van der Waals surface area contributed by atoms with Crippen LogP contribution in [-0.2, 0) is 23.9 Å². The fraction of sp³-hybridized carbons (Fsp3) is 0.538. The van der Waals surface area contributed by atoms with Gasteiger partial charge in [-0.25, -0.2) is 4.79 Å². The Hall–Kier alpha value is -2.96. The first-order valence-corrected chi connectivity index (χ1v) is 11.1. The Bertz CT molecular complexity index is 978. The number of ether oxygens (including phenoxy) is 2. The molecule has 1 atom stereocenters. The Morgan fingerprint density at radius 3 is 2.03 bits per heavy atom. The largest absolute Gasteiger partial charge is 0.512 e. The molecule has 3 rings (SSSR count). The van der Waals surface area contributed by atoms with Crippen LogP contribution in [0.4, 0.5) is 0 Å². The van der Waals surface area contributed by atoms with Crippen molar-refractivity contribution in [3.8, 4) is 5.75 Å². The van der Waals surface area contributed by atoms with Crippen molar-refractivity contribution in [2.75, 3.05) is 13.7 Å². The molecule has 0 heterocycles. The molecule has 0 saturated heterocycles. The van der Waals surface area contributed by atoms with E-state index in [1.807, 2.05) is 27.7 Å². The molecule has 0 unspecified atom stereocenters. The van der Waals surface area contributed by atoms with Crippen LogP contribution in [0.25, 0.3) is 0 Å². The van der Waals surface area contributed by atoms with E-state index in [4.69, 9.17) is 4.74 Å². The van der Waals surface area contributed by atoms with Gasteiger partial charge < -0.3 is 14.6 Å². The van der Waals surface area contributed by atoms with Crippen molar-refractivity contribution in [2.24, 2.45) is 16.7 Å². The Labute approximate surface area is 194 Å². The molecule has 1 saturated carbocycles. The van der Waals surface area contributed by atoms with Crippen molar-refractivity contribution in [3.63, 3.8) is 0 Å². The third-order valence-corrected chi connectivity index (χ3v) is 6.36. The number of hydrogen-bond donors (Lipinski definition) is 1. The van der Waals surface area contributed by atoms with E-state index in [-0.39, 0.29) is 54.6 Å². The molecular weight excluding hydrogens is 424 g/mol. The Morgan fingerprint density at radius 1 is 0.970 bits per heavy atom. The molecule has 0 aliphatic heterocycles. The highest BCUT2D eigenvalue weighted by atomic mass is 16.6. The number of aliphatic hydroxyl groups is 1. The number of benzene rings is 1. The first-order chi connectivity index (χ1) is 15.3. The molecule has 178 valence electrons. The van der Waals surface area contributed by atoms with E-state index in [0.29, 0.717) is 17.7 Å². The van der Waals surface area contributed by atoms with Crippen LogP contribution in [0.15, 0.2) is 35.6 Å². The van der Waals surface area contributed by atoms with Gasteiger partial charge in [-0.2, -0.15) is 0 Å². The smallest absolute Gasteiger partial charge is 0.343 e. The molecule has 1 N–H and O–H groups in total. The third-order valence-electron chi connectivity index (χ3n) is 6.36. The molecule has 7 nitrogen and oxygen atoms in total. The van der Waals surface area contributed by atoms with Gasteiger partial charge in [-0.15, -0.1) is 0 Å². The predicted octanol–water partition coefficient (Wildman–Crippen LogP) is 4.10.